The van der Waals surface area contributed by atoms with Crippen LogP contribution < -0.4 is 11.5 Å². The summed E-state index contributed by atoms with van der Waals surface area (Å²) in [7, 11) is 0. The first kappa shape index (κ1) is 17.3. The van der Waals surface area contributed by atoms with Gasteiger partial charge in [-0.3, -0.25) is 4.79 Å². The Kier molecular flexibility index (Phi) is 9.80. The van der Waals surface area contributed by atoms with E-state index in [4.69, 9.17) is 21.3 Å². The maximum Gasteiger partial charge on any atom is 0.293 e. The smallest absolute Gasteiger partial charge is 0.293 e. The molecule has 0 aromatic carbocycles. The van der Waals surface area contributed by atoms with Crippen LogP contribution in [0.1, 0.15) is 13.3 Å². The molecule has 0 aliphatic carbocycles. The van der Waals surface area contributed by atoms with E-state index in [1.54, 1.807) is 6.92 Å². The molecule has 6 N–H and O–H groups in total. The van der Waals surface area contributed by atoms with Crippen molar-refractivity contribution in [3.8, 4) is 0 Å². The molecule has 0 aromatic heterocycles. The first-order valence-corrected chi connectivity index (χ1v) is 6.01. The maximum atomic E-state index is 9.90. The molecule has 0 amide bonds. The number of hydrogen-bond donors (Lipinski definition) is 4. The molecule has 18 heavy (non-hydrogen) atoms. The normalized spacial score (nSPS) is 28.2. The van der Waals surface area contributed by atoms with Gasteiger partial charge in [-0.1, -0.05) is 6.92 Å². The Hall–Kier alpha value is -0.730. The first-order valence-electron chi connectivity index (χ1n) is 6.01. The molecule has 4 unspecified atom stereocenters. The molecule has 7 nitrogen and oxygen atoms in total. The van der Waals surface area contributed by atoms with Crippen LogP contribution in [0.2, 0.25) is 0 Å². The lowest BCUT2D eigenvalue weighted by atomic mass is 10.00. The average Bonchev–Trinajstić information content (AvgIpc) is 2.69. The van der Waals surface area contributed by atoms with E-state index in [0.29, 0.717) is 6.47 Å². The summed E-state index contributed by atoms with van der Waals surface area (Å²) in [5.41, 5.74) is 10.1. The van der Waals surface area contributed by atoms with Gasteiger partial charge in [-0.25, -0.2) is 0 Å². The summed E-state index contributed by atoms with van der Waals surface area (Å²) in [6.45, 7) is 3.91. The minimum Gasteiger partial charge on any atom is -0.468 e. The summed E-state index contributed by atoms with van der Waals surface area (Å²) in [6.07, 6.45) is -1.22. The summed E-state index contributed by atoms with van der Waals surface area (Å²) < 4.78 is 9.68. The van der Waals surface area contributed by atoms with Gasteiger partial charge in [-0.05, 0) is 19.5 Å². The van der Waals surface area contributed by atoms with Crippen molar-refractivity contribution >= 4 is 6.47 Å². The lowest BCUT2D eigenvalue weighted by Crippen LogP contribution is -2.35. The SMILES string of the molecule is CC(COC=O)C1OCC(O)C1O.NCCCN. The van der Waals surface area contributed by atoms with Gasteiger partial charge in [-0.2, -0.15) is 0 Å². The second-order valence-electron chi connectivity index (χ2n) is 4.19. The maximum absolute atomic E-state index is 9.90. The molecule has 1 rings (SSSR count). The average molecular weight is 264 g/mol. The molecule has 1 saturated heterocycles. The van der Waals surface area contributed by atoms with Crippen LogP contribution in [-0.4, -0.2) is 61.3 Å². The predicted molar refractivity (Wildman–Crippen MR) is 65.7 cm³/mol. The second kappa shape index (κ2) is 10.2. The summed E-state index contributed by atoms with van der Waals surface area (Å²) in [5.74, 6) is -0.114. The molecule has 1 aliphatic heterocycles. The molecule has 7 heteroatoms. The van der Waals surface area contributed by atoms with E-state index in [0.717, 1.165) is 19.5 Å². The Morgan fingerprint density at radius 3 is 2.39 bits per heavy atom. The Bertz CT molecular complexity index is 216. The van der Waals surface area contributed by atoms with E-state index in [1.807, 2.05) is 0 Å². The number of carbonyl (C=O) groups is 1. The Balaban J connectivity index is 0.000000494. The van der Waals surface area contributed by atoms with Gasteiger partial charge in [0.25, 0.3) is 6.47 Å². The molecule has 1 heterocycles. The third kappa shape index (κ3) is 6.27. The van der Waals surface area contributed by atoms with Crippen LogP contribution in [0, 0.1) is 5.92 Å². The fraction of sp³-hybridized carbons (Fsp3) is 0.909. The topological polar surface area (TPSA) is 128 Å². The number of aliphatic hydroxyl groups is 2. The van der Waals surface area contributed by atoms with Gasteiger partial charge in [0.2, 0.25) is 0 Å². The molecule has 0 bridgehead atoms. The van der Waals surface area contributed by atoms with Crippen molar-refractivity contribution in [2.75, 3.05) is 26.3 Å². The highest BCUT2D eigenvalue weighted by atomic mass is 16.5. The van der Waals surface area contributed by atoms with Gasteiger partial charge in [0.15, 0.2) is 0 Å². The third-order valence-electron chi connectivity index (χ3n) is 2.59. The van der Waals surface area contributed by atoms with Crippen molar-refractivity contribution in [1.29, 1.82) is 0 Å². The van der Waals surface area contributed by atoms with E-state index >= 15 is 0 Å². The number of hydrogen-bond acceptors (Lipinski definition) is 7. The highest BCUT2D eigenvalue weighted by Gasteiger charge is 2.38. The fourth-order valence-corrected chi connectivity index (χ4v) is 1.53. The van der Waals surface area contributed by atoms with E-state index in [2.05, 4.69) is 4.74 Å². The number of rotatable bonds is 6. The zero-order chi connectivity index (χ0) is 14.0. The Labute approximate surface area is 107 Å². The summed E-state index contributed by atoms with van der Waals surface area (Å²) in [5, 5.41) is 18.6. The highest BCUT2D eigenvalue weighted by molar-refractivity contribution is 5.36. The molecule has 0 radical (unpaired) electrons. The summed E-state index contributed by atoms with van der Waals surface area (Å²) >= 11 is 0. The molecule has 0 aromatic rings. The Morgan fingerprint density at radius 2 is 2.06 bits per heavy atom. The van der Waals surface area contributed by atoms with Crippen molar-refractivity contribution in [3.05, 3.63) is 0 Å². The minimum absolute atomic E-state index is 0.114. The van der Waals surface area contributed by atoms with Crippen molar-refractivity contribution < 1.29 is 24.5 Å². The fourth-order valence-electron chi connectivity index (χ4n) is 1.53. The van der Waals surface area contributed by atoms with E-state index in [1.165, 1.54) is 0 Å². The number of nitrogens with two attached hydrogens (primary N) is 2. The van der Waals surface area contributed by atoms with Gasteiger partial charge in [0, 0.05) is 5.92 Å². The molecular weight excluding hydrogens is 240 g/mol. The zero-order valence-corrected chi connectivity index (χ0v) is 10.7. The monoisotopic (exact) mass is 264 g/mol. The van der Waals surface area contributed by atoms with Crippen LogP contribution in [0.4, 0.5) is 0 Å². The molecule has 0 spiro atoms. The van der Waals surface area contributed by atoms with Crippen LogP contribution in [0.25, 0.3) is 0 Å². The predicted octanol–water partition coefficient (Wildman–Crippen LogP) is -1.79. The first-order chi connectivity index (χ1) is 8.58. The zero-order valence-electron chi connectivity index (χ0n) is 10.7. The third-order valence-corrected chi connectivity index (χ3v) is 2.59. The van der Waals surface area contributed by atoms with Crippen molar-refractivity contribution in [3.63, 3.8) is 0 Å². The van der Waals surface area contributed by atoms with Crippen LogP contribution >= 0.6 is 0 Å². The lowest BCUT2D eigenvalue weighted by Gasteiger charge is -2.20. The van der Waals surface area contributed by atoms with Gasteiger partial charge in [0.05, 0.1) is 19.3 Å². The molecule has 108 valence electrons. The van der Waals surface area contributed by atoms with E-state index < -0.39 is 18.3 Å². The second-order valence-corrected chi connectivity index (χ2v) is 4.19. The van der Waals surface area contributed by atoms with Crippen LogP contribution in [0.5, 0.6) is 0 Å². The quantitative estimate of drug-likeness (QED) is 0.417. The highest BCUT2D eigenvalue weighted by Crippen LogP contribution is 2.21. The van der Waals surface area contributed by atoms with Gasteiger partial charge in [0.1, 0.15) is 12.2 Å². The van der Waals surface area contributed by atoms with Crippen LogP contribution in [0.3, 0.4) is 0 Å². The lowest BCUT2D eigenvalue weighted by molar-refractivity contribution is -0.131. The van der Waals surface area contributed by atoms with E-state index in [9.17, 15) is 9.90 Å². The van der Waals surface area contributed by atoms with Gasteiger partial charge in [-0.15, -0.1) is 0 Å². The molecule has 1 fully saturated rings. The van der Waals surface area contributed by atoms with Gasteiger partial charge >= 0.3 is 0 Å². The van der Waals surface area contributed by atoms with Crippen LogP contribution in [-0.2, 0) is 14.3 Å². The molecule has 4 atom stereocenters. The van der Waals surface area contributed by atoms with Crippen molar-refractivity contribution in [1.82, 2.24) is 0 Å². The minimum atomic E-state index is -0.884. The van der Waals surface area contributed by atoms with E-state index in [-0.39, 0.29) is 19.1 Å². The van der Waals surface area contributed by atoms with Gasteiger partial charge < -0.3 is 31.2 Å². The molecule has 1 aliphatic rings. The van der Waals surface area contributed by atoms with Crippen molar-refractivity contribution in [2.45, 2.75) is 31.7 Å². The largest absolute Gasteiger partial charge is 0.468 e. The number of aliphatic hydroxyl groups excluding tert-OH is 2. The van der Waals surface area contributed by atoms with Crippen molar-refractivity contribution in [2.24, 2.45) is 17.4 Å². The summed E-state index contributed by atoms with van der Waals surface area (Å²) in [4.78, 5) is 9.90. The Morgan fingerprint density at radius 1 is 1.44 bits per heavy atom. The molecular formula is C11H24N2O5. The standard InChI is InChI=1S/C8H14O5.C3H10N2/c1-5(2-12-4-9)8-7(11)6(10)3-13-8;4-2-1-3-5/h4-8,10-11H,2-3H2,1H3;1-5H2. The number of ether oxygens (including phenoxy) is 2. The molecule has 0 saturated carbocycles. The van der Waals surface area contributed by atoms with Crippen LogP contribution in [0.15, 0.2) is 0 Å². The summed E-state index contributed by atoms with van der Waals surface area (Å²) in [6, 6.07) is 0. The number of carbonyl (C=O) groups excluding carboxylic acids is 1.